The first-order valence-corrected chi connectivity index (χ1v) is 15.8. The van der Waals surface area contributed by atoms with Crippen LogP contribution >= 0.6 is 0 Å². The first-order valence-electron chi connectivity index (χ1n) is 15.8. The molecule has 1 unspecified atom stereocenters. The number of hydrogen-bond donors (Lipinski definition) is 4. The second-order valence-corrected chi connectivity index (χ2v) is 11.9. The highest BCUT2D eigenvalue weighted by Crippen LogP contribution is 2.42. The lowest BCUT2D eigenvalue weighted by molar-refractivity contribution is -0.141. The molecule has 1 aliphatic carbocycles. The van der Waals surface area contributed by atoms with Crippen molar-refractivity contribution < 1.29 is 32.6 Å². The number of nitrogens with one attached hydrogen (secondary N) is 3. The number of carbonyl (C=O) groups is 2. The number of carboxylic acid groups (broad SMARTS) is 1. The molecular formula is C37H34F3N5O4. The quantitative estimate of drug-likeness (QED) is 0.102. The summed E-state index contributed by atoms with van der Waals surface area (Å²) in [7, 11) is 0. The molecule has 2 amide bonds. The predicted molar refractivity (Wildman–Crippen MR) is 177 cm³/mol. The fraction of sp³-hybridized carbons (Fsp3) is 0.216. The Bertz CT molecular complexity index is 1920. The van der Waals surface area contributed by atoms with Crippen LogP contribution in [0.15, 0.2) is 109 Å². The Morgan fingerprint density at radius 1 is 0.857 bits per heavy atom. The highest BCUT2D eigenvalue weighted by molar-refractivity contribution is 6.03. The van der Waals surface area contributed by atoms with E-state index in [0.717, 1.165) is 40.0 Å². The first-order chi connectivity index (χ1) is 23.6. The molecule has 4 N–H and O–H groups in total. The van der Waals surface area contributed by atoms with Gasteiger partial charge in [-0.1, -0.05) is 66.7 Å². The van der Waals surface area contributed by atoms with Crippen molar-refractivity contribution in [3.8, 4) is 11.4 Å². The molecule has 0 aliphatic heterocycles. The number of halogens is 3. The summed E-state index contributed by atoms with van der Waals surface area (Å²) in [6.45, 7) is 0.889. The van der Waals surface area contributed by atoms with Crippen LogP contribution in [0.25, 0.3) is 5.69 Å². The van der Waals surface area contributed by atoms with Gasteiger partial charge in [0.05, 0.1) is 5.69 Å². The minimum Gasteiger partial charge on any atom is -0.489 e. The lowest BCUT2D eigenvalue weighted by Gasteiger charge is -2.20. The molecule has 6 rings (SSSR count). The summed E-state index contributed by atoms with van der Waals surface area (Å²) in [6, 6.07) is 32.1. The zero-order chi connectivity index (χ0) is 34.4. The van der Waals surface area contributed by atoms with Crippen molar-refractivity contribution in [3.05, 3.63) is 143 Å². The third-order valence-electron chi connectivity index (χ3n) is 8.10. The molecule has 1 saturated carbocycles. The van der Waals surface area contributed by atoms with Gasteiger partial charge in [-0.15, -0.1) is 0 Å². The summed E-state index contributed by atoms with van der Waals surface area (Å²) < 4.78 is 48.1. The molecule has 4 aromatic carbocycles. The maximum absolute atomic E-state index is 13.7. The summed E-state index contributed by atoms with van der Waals surface area (Å²) in [5.41, 5.74) is 2.58. The van der Waals surface area contributed by atoms with Crippen molar-refractivity contribution in [1.82, 2.24) is 20.4 Å². The molecule has 49 heavy (non-hydrogen) atoms. The van der Waals surface area contributed by atoms with E-state index in [1.807, 2.05) is 48.5 Å². The van der Waals surface area contributed by atoms with Crippen LogP contribution < -0.4 is 20.7 Å². The summed E-state index contributed by atoms with van der Waals surface area (Å²) in [5.74, 6) is 0.481. The van der Waals surface area contributed by atoms with Gasteiger partial charge in [0.1, 0.15) is 18.1 Å². The maximum Gasteiger partial charge on any atom is 0.435 e. The summed E-state index contributed by atoms with van der Waals surface area (Å²) >= 11 is 0. The average molecular weight is 670 g/mol. The third-order valence-corrected chi connectivity index (χ3v) is 8.10. The van der Waals surface area contributed by atoms with E-state index in [-0.39, 0.29) is 24.0 Å². The Kier molecular flexibility index (Phi) is 9.95. The van der Waals surface area contributed by atoms with Gasteiger partial charge < -0.3 is 25.8 Å². The van der Waals surface area contributed by atoms with E-state index in [9.17, 15) is 22.8 Å². The fourth-order valence-corrected chi connectivity index (χ4v) is 5.56. The van der Waals surface area contributed by atoms with Crippen LogP contribution in [-0.4, -0.2) is 26.9 Å². The summed E-state index contributed by atoms with van der Waals surface area (Å²) in [6.07, 6.45) is -3.83. The van der Waals surface area contributed by atoms with Crippen molar-refractivity contribution in [1.29, 1.82) is 0 Å². The molecule has 1 aliphatic rings. The van der Waals surface area contributed by atoms with Gasteiger partial charge in [0.25, 0.3) is 5.91 Å². The van der Waals surface area contributed by atoms with Crippen molar-refractivity contribution in [2.24, 2.45) is 5.92 Å². The van der Waals surface area contributed by atoms with Gasteiger partial charge in [-0.05, 0) is 77.4 Å². The molecule has 12 heteroatoms. The topological polar surface area (TPSA) is 118 Å². The van der Waals surface area contributed by atoms with Crippen LogP contribution in [0.3, 0.4) is 0 Å². The second-order valence-electron chi connectivity index (χ2n) is 11.9. The molecule has 9 nitrogen and oxygen atoms in total. The number of carbonyl (C=O) groups excluding carboxylic acids is 1. The number of nitrogens with zero attached hydrogens (tertiary/aromatic N) is 2. The van der Waals surface area contributed by atoms with E-state index in [2.05, 4.69) is 33.2 Å². The van der Waals surface area contributed by atoms with Gasteiger partial charge in [-0.25, -0.2) is 9.48 Å². The Balaban J connectivity index is 1.15. The van der Waals surface area contributed by atoms with Gasteiger partial charge in [0.15, 0.2) is 5.69 Å². The summed E-state index contributed by atoms with van der Waals surface area (Å²) in [4.78, 5) is 24.3. The first kappa shape index (κ1) is 33.3. The molecule has 1 heterocycles. The van der Waals surface area contributed by atoms with Crippen LogP contribution in [0.5, 0.6) is 5.75 Å². The predicted octanol–water partition coefficient (Wildman–Crippen LogP) is 7.73. The fourth-order valence-electron chi connectivity index (χ4n) is 5.56. The number of hydrogen-bond acceptors (Lipinski definition) is 5. The minimum absolute atomic E-state index is 0.0754. The number of aromatic nitrogens is 2. The molecule has 252 valence electrons. The van der Waals surface area contributed by atoms with Crippen LogP contribution in [0.1, 0.15) is 57.3 Å². The van der Waals surface area contributed by atoms with E-state index in [4.69, 9.17) is 9.84 Å². The monoisotopic (exact) mass is 669 g/mol. The van der Waals surface area contributed by atoms with Crippen LogP contribution in [-0.2, 0) is 25.9 Å². The number of alkyl halides is 3. The van der Waals surface area contributed by atoms with Gasteiger partial charge >= 0.3 is 12.3 Å². The van der Waals surface area contributed by atoms with Gasteiger partial charge in [-0.2, -0.15) is 18.3 Å². The Morgan fingerprint density at radius 2 is 1.57 bits per heavy atom. The second kappa shape index (κ2) is 14.7. The van der Waals surface area contributed by atoms with Crippen LogP contribution in [0.2, 0.25) is 0 Å². The van der Waals surface area contributed by atoms with Gasteiger partial charge in [0.2, 0.25) is 0 Å². The number of rotatable bonds is 13. The average Bonchev–Trinajstić information content (AvgIpc) is 3.82. The molecule has 0 bridgehead atoms. The maximum atomic E-state index is 13.7. The SMILES string of the molecule is O=C(O)NCc1cccc(-n2nc(C(F)(F)F)cc2C(=O)Nc2cccc(CNC(c3cccc(OCc4ccccc4)c3)C3CC3)c2)c1. The lowest BCUT2D eigenvalue weighted by Crippen LogP contribution is -2.23. The Labute approximate surface area is 280 Å². The van der Waals surface area contributed by atoms with E-state index in [1.54, 1.807) is 30.3 Å². The number of benzene rings is 4. The highest BCUT2D eigenvalue weighted by Gasteiger charge is 2.36. The van der Waals surface area contributed by atoms with E-state index >= 15 is 0 Å². The standard InChI is InChI=1S/C37H34F3N5O4/c38-37(39,40)33-20-32(45(44-33)30-13-5-10-26(18-30)22-42-36(47)48)35(46)43-29-12-4-9-25(17-29)21-41-34(27-15-16-27)28-11-6-14-31(19-28)49-23-24-7-2-1-3-8-24/h1-14,17-20,27,34,41-42H,15-16,21-23H2,(H,43,46)(H,47,48). The zero-order valence-electron chi connectivity index (χ0n) is 26.3. The lowest BCUT2D eigenvalue weighted by atomic mass is 10.0. The Morgan fingerprint density at radius 3 is 2.31 bits per heavy atom. The van der Waals surface area contributed by atoms with Crippen molar-refractivity contribution >= 4 is 17.7 Å². The van der Waals surface area contributed by atoms with E-state index in [0.29, 0.717) is 36.4 Å². The van der Waals surface area contributed by atoms with Crippen LogP contribution in [0.4, 0.5) is 23.7 Å². The Hall–Kier alpha value is -5.62. The molecule has 5 aromatic rings. The van der Waals surface area contributed by atoms with Crippen LogP contribution in [0, 0.1) is 5.92 Å². The molecule has 1 atom stereocenters. The normalized spacial score (nSPS) is 13.4. The zero-order valence-corrected chi connectivity index (χ0v) is 26.3. The number of amides is 2. The molecular weight excluding hydrogens is 635 g/mol. The number of anilines is 1. The molecule has 1 aromatic heterocycles. The van der Waals surface area contributed by atoms with Gasteiger partial charge in [0, 0.05) is 30.9 Å². The van der Waals surface area contributed by atoms with Gasteiger partial charge in [-0.3, -0.25) is 4.79 Å². The minimum atomic E-state index is -4.79. The van der Waals surface area contributed by atoms with Crippen molar-refractivity contribution in [3.63, 3.8) is 0 Å². The van der Waals surface area contributed by atoms with Crippen molar-refractivity contribution in [2.75, 3.05) is 5.32 Å². The summed E-state index contributed by atoms with van der Waals surface area (Å²) in [5, 5.41) is 21.2. The highest BCUT2D eigenvalue weighted by atomic mass is 19.4. The molecule has 0 radical (unpaired) electrons. The largest absolute Gasteiger partial charge is 0.489 e. The molecule has 0 saturated heterocycles. The van der Waals surface area contributed by atoms with Crippen molar-refractivity contribution in [2.45, 2.75) is 44.8 Å². The third kappa shape index (κ3) is 8.85. The van der Waals surface area contributed by atoms with E-state index in [1.165, 1.54) is 12.1 Å². The molecule has 0 spiro atoms. The smallest absolute Gasteiger partial charge is 0.435 e. The number of ether oxygens (including phenoxy) is 1. The van der Waals surface area contributed by atoms with E-state index < -0.39 is 23.9 Å². The molecule has 1 fully saturated rings.